The molecule has 0 fully saturated rings. The zero-order chi connectivity index (χ0) is 11.0. The Balaban J connectivity index is 2.28. The molecule has 0 amide bonds. The molecule has 2 aromatic rings. The highest BCUT2D eigenvalue weighted by atomic mass is 31.1. The van der Waals surface area contributed by atoms with Crippen LogP contribution in [0.3, 0.4) is 0 Å². The van der Waals surface area contributed by atoms with Crippen molar-refractivity contribution in [2.45, 2.75) is 0 Å². The van der Waals surface area contributed by atoms with Crippen LogP contribution in [-0.4, -0.2) is 0 Å². The first kappa shape index (κ1) is 9.62. The van der Waals surface area contributed by atoms with Gasteiger partial charge in [-0.2, -0.15) is 0 Å². The zero-order valence-electron chi connectivity index (χ0n) is 8.76. The second kappa shape index (κ2) is 3.77. The minimum Gasteiger partial charge on any atom is -0.464 e. The van der Waals surface area contributed by atoms with Crippen LogP contribution in [0, 0.1) is 0 Å². The third kappa shape index (κ3) is 1.36. The van der Waals surface area contributed by atoms with E-state index in [2.05, 4.69) is 36.9 Å². The molecule has 0 radical (unpaired) electrons. The van der Waals surface area contributed by atoms with Gasteiger partial charge in [0.2, 0.25) is 0 Å². The van der Waals surface area contributed by atoms with E-state index in [1.165, 1.54) is 16.4 Å². The molecule has 0 N–H and O–H groups in total. The summed E-state index contributed by atoms with van der Waals surface area (Å²) in [5.41, 5.74) is 2.45. The van der Waals surface area contributed by atoms with Crippen LogP contribution < -0.4 is 9.83 Å². The normalized spacial score (nSPS) is 16.9. The number of hydrogen-bond donors (Lipinski definition) is 0. The fourth-order valence-corrected chi connectivity index (χ4v) is 3.36. The molecule has 2 heteroatoms. The second-order valence-electron chi connectivity index (χ2n) is 3.61. The van der Waals surface area contributed by atoms with Gasteiger partial charge in [-0.25, -0.2) is 0 Å². The van der Waals surface area contributed by atoms with Gasteiger partial charge < -0.3 is 4.52 Å². The Bertz CT molecular complexity index is 548. The van der Waals surface area contributed by atoms with E-state index in [1.807, 2.05) is 24.0 Å². The van der Waals surface area contributed by atoms with Crippen molar-refractivity contribution in [2.75, 3.05) is 0 Å². The van der Waals surface area contributed by atoms with Crippen molar-refractivity contribution >= 4 is 13.5 Å². The average molecular weight is 226 g/mol. The average Bonchev–Trinajstić information content (AvgIpc) is 2.38. The van der Waals surface area contributed by atoms with Gasteiger partial charge in [-0.05, 0) is 17.4 Å². The lowest BCUT2D eigenvalue weighted by Gasteiger charge is -2.25. The molecule has 1 heterocycles. The molecule has 0 saturated heterocycles. The first-order valence-electron chi connectivity index (χ1n) is 5.18. The minimum absolute atomic E-state index is 0.708. The Morgan fingerprint density at radius 1 is 0.938 bits per heavy atom. The molecule has 1 unspecified atom stereocenters. The van der Waals surface area contributed by atoms with Crippen molar-refractivity contribution < 1.29 is 4.52 Å². The number of benzene rings is 2. The molecule has 0 bridgehead atoms. The van der Waals surface area contributed by atoms with Gasteiger partial charge in [0.1, 0.15) is 13.9 Å². The highest BCUT2D eigenvalue weighted by Crippen LogP contribution is 2.48. The third-order valence-electron chi connectivity index (χ3n) is 2.68. The first-order valence-corrected chi connectivity index (χ1v) is 6.51. The fraction of sp³-hybridized carbons (Fsp3) is 0. The number of fused-ring (bicyclic) bond motifs is 3. The van der Waals surface area contributed by atoms with Gasteiger partial charge in [-0.15, -0.1) is 0 Å². The van der Waals surface area contributed by atoms with Crippen LogP contribution in [0.1, 0.15) is 0 Å². The largest absolute Gasteiger partial charge is 0.464 e. The molecule has 1 atom stereocenters. The predicted molar refractivity (Wildman–Crippen MR) is 69.3 cm³/mol. The summed E-state index contributed by atoms with van der Waals surface area (Å²) in [4.78, 5) is 0. The molecule has 0 aliphatic carbocycles. The van der Waals surface area contributed by atoms with E-state index in [0.29, 0.717) is 0 Å². The Morgan fingerprint density at radius 3 is 2.44 bits per heavy atom. The van der Waals surface area contributed by atoms with Crippen LogP contribution in [0.4, 0.5) is 0 Å². The topological polar surface area (TPSA) is 9.23 Å². The van der Waals surface area contributed by atoms with E-state index in [-0.39, 0.29) is 0 Å². The predicted octanol–water partition coefficient (Wildman–Crippen LogP) is 3.91. The number of para-hydroxylation sites is 1. The van der Waals surface area contributed by atoms with Crippen molar-refractivity contribution in [3.8, 4) is 16.9 Å². The maximum atomic E-state index is 5.95. The summed E-state index contributed by atoms with van der Waals surface area (Å²) in [6.45, 7) is 3.86. The molecule has 1 nitrogen and oxygen atoms in total. The summed E-state index contributed by atoms with van der Waals surface area (Å²) in [6, 6.07) is 16.6. The Hall–Kier alpha value is -1.59. The Morgan fingerprint density at radius 2 is 1.62 bits per heavy atom. The fourth-order valence-electron chi connectivity index (χ4n) is 1.95. The van der Waals surface area contributed by atoms with E-state index in [0.717, 1.165) is 5.75 Å². The van der Waals surface area contributed by atoms with Crippen LogP contribution in [0.25, 0.3) is 11.1 Å². The van der Waals surface area contributed by atoms with Gasteiger partial charge >= 0.3 is 0 Å². The smallest absolute Gasteiger partial charge is 0.143 e. The summed E-state index contributed by atoms with van der Waals surface area (Å²) in [7, 11) is -0.708. The minimum atomic E-state index is -0.708. The highest BCUT2D eigenvalue weighted by molar-refractivity contribution is 7.64. The van der Waals surface area contributed by atoms with Crippen molar-refractivity contribution in [2.24, 2.45) is 0 Å². The van der Waals surface area contributed by atoms with Crippen molar-refractivity contribution in [3.05, 3.63) is 60.9 Å². The van der Waals surface area contributed by atoms with Gasteiger partial charge in [0.15, 0.2) is 0 Å². The second-order valence-corrected chi connectivity index (χ2v) is 5.29. The molecule has 0 spiro atoms. The van der Waals surface area contributed by atoms with Crippen LogP contribution in [0.5, 0.6) is 5.75 Å². The molecule has 1 aliphatic rings. The summed E-state index contributed by atoms with van der Waals surface area (Å²) < 4.78 is 5.95. The van der Waals surface area contributed by atoms with E-state index < -0.39 is 8.15 Å². The molecule has 16 heavy (non-hydrogen) atoms. The lowest BCUT2D eigenvalue weighted by atomic mass is 10.0. The molecule has 2 aromatic carbocycles. The van der Waals surface area contributed by atoms with E-state index in [1.54, 1.807) is 0 Å². The van der Waals surface area contributed by atoms with E-state index in [4.69, 9.17) is 4.52 Å². The lowest BCUT2D eigenvalue weighted by molar-refractivity contribution is 0.628. The molecule has 78 valence electrons. The van der Waals surface area contributed by atoms with Gasteiger partial charge in [0.25, 0.3) is 0 Å². The van der Waals surface area contributed by atoms with E-state index in [9.17, 15) is 0 Å². The van der Waals surface area contributed by atoms with Crippen molar-refractivity contribution in [1.82, 2.24) is 0 Å². The molecule has 0 aromatic heterocycles. The summed E-state index contributed by atoms with van der Waals surface area (Å²) in [5, 5.41) is 1.26. The Kier molecular flexibility index (Phi) is 2.27. The maximum absolute atomic E-state index is 5.95. The standard InChI is InChI=1S/C14H11OP/c1-2-16-14-10-6-4-8-12(14)11-7-3-5-9-13(11)15-16/h2-10H,1H2. The van der Waals surface area contributed by atoms with Crippen LogP contribution in [-0.2, 0) is 0 Å². The summed E-state index contributed by atoms with van der Waals surface area (Å²) in [6.07, 6.45) is 0. The first-order chi connectivity index (χ1) is 7.90. The van der Waals surface area contributed by atoms with Gasteiger partial charge in [-0.3, -0.25) is 0 Å². The molecule has 0 saturated carbocycles. The lowest BCUT2D eigenvalue weighted by Crippen LogP contribution is -2.12. The Labute approximate surface area is 96.2 Å². The van der Waals surface area contributed by atoms with Crippen LogP contribution >= 0.6 is 8.15 Å². The third-order valence-corrected chi connectivity index (χ3v) is 4.27. The maximum Gasteiger partial charge on any atom is 0.143 e. The van der Waals surface area contributed by atoms with Gasteiger partial charge in [-0.1, -0.05) is 49.0 Å². The molecular weight excluding hydrogens is 215 g/mol. The van der Waals surface area contributed by atoms with Crippen molar-refractivity contribution in [1.29, 1.82) is 0 Å². The van der Waals surface area contributed by atoms with Crippen LogP contribution in [0.15, 0.2) is 60.9 Å². The van der Waals surface area contributed by atoms with Crippen LogP contribution in [0.2, 0.25) is 0 Å². The quantitative estimate of drug-likeness (QED) is 0.670. The van der Waals surface area contributed by atoms with E-state index >= 15 is 0 Å². The van der Waals surface area contributed by atoms with Gasteiger partial charge in [0.05, 0.1) is 0 Å². The molecule has 1 aliphatic heterocycles. The number of rotatable bonds is 1. The highest BCUT2D eigenvalue weighted by Gasteiger charge is 2.23. The monoisotopic (exact) mass is 226 g/mol. The van der Waals surface area contributed by atoms with Crippen molar-refractivity contribution in [3.63, 3.8) is 0 Å². The SMILES string of the molecule is C=CP1Oc2ccccc2-c2ccccc21. The summed E-state index contributed by atoms with van der Waals surface area (Å²) >= 11 is 0. The summed E-state index contributed by atoms with van der Waals surface area (Å²) in [5.74, 6) is 2.87. The molecule has 3 rings (SSSR count). The zero-order valence-corrected chi connectivity index (χ0v) is 9.65. The number of hydrogen-bond acceptors (Lipinski definition) is 1. The van der Waals surface area contributed by atoms with Gasteiger partial charge in [0, 0.05) is 10.9 Å². The molecular formula is C14H11OP.